The molecule has 542 valence electrons. The minimum Gasteiger partial charge on any atom is -0.347 e. The molecule has 6 aromatic carbocycles. The van der Waals surface area contributed by atoms with E-state index in [9.17, 15) is 64.1 Å². The molecule has 104 heavy (non-hydrogen) atoms. The second kappa shape index (κ2) is 35.6. The van der Waals surface area contributed by atoms with Crippen molar-refractivity contribution in [3.05, 3.63) is 273 Å². The number of thiophene rings is 3. The maximum Gasteiger partial charge on any atom is 0.269 e. The van der Waals surface area contributed by atoms with Crippen molar-refractivity contribution < 1.29 is 58.9 Å². The van der Waals surface area contributed by atoms with Gasteiger partial charge in [0.05, 0.1) is 24.6 Å². The van der Waals surface area contributed by atoms with E-state index in [4.69, 9.17) is 34.8 Å². The van der Waals surface area contributed by atoms with Crippen molar-refractivity contribution >= 4 is 146 Å². The largest absolute Gasteiger partial charge is 0.347 e. The Morgan fingerprint density at radius 2 is 0.683 bits per heavy atom. The number of non-ortho nitro benzene ring substituents is 1. The van der Waals surface area contributed by atoms with E-state index in [1.54, 1.807) is 143 Å². The van der Waals surface area contributed by atoms with Crippen molar-refractivity contribution in [2.24, 2.45) is 0 Å². The number of hydrogen-bond donors (Lipinski definition) is 3. The number of nitrogens with zero attached hydrogens (tertiary/aromatic N) is 7. The summed E-state index contributed by atoms with van der Waals surface area (Å²) in [7, 11) is -11.1. The number of rotatable bonds is 20. The van der Waals surface area contributed by atoms with Crippen LogP contribution in [0.3, 0.4) is 0 Å². The van der Waals surface area contributed by atoms with Crippen molar-refractivity contribution in [1.82, 2.24) is 43.6 Å². The Kier molecular flexibility index (Phi) is 26.6. The molecule has 3 aliphatic rings. The van der Waals surface area contributed by atoms with Gasteiger partial charge in [0.15, 0.2) is 0 Å². The fourth-order valence-electron chi connectivity index (χ4n) is 10.7. The second-order valence-corrected chi connectivity index (χ2v) is 34.6. The number of nitro benzene ring substituents is 1. The Morgan fingerprint density at radius 1 is 0.385 bits per heavy atom. The molecule has 6 amide bonds. The number of benzene rings is 6. The molecule has 3 fully saturated rings. The maximum atomic E-state index is 13.1. The first-order valence-corrected chi connectivity index (χ1v) is 40.0. The lowest BCUT2D eigenvalue weighted by atomic mass is 10.1. The standard InChI is InChI=1S/C25H24ClN3O4S2.C23H21ClN4O6S2.C23H22ClN3O4S2/c26-21-9-7-20(8-10-21)25(31)27-18-22-11-13-24(34-22)35(32,33)29-16-14-28(15-17-29)23(30)12-6-19-4-2-1-3-5-19;24-18-5-1-16(2-6-18)22(29)25-15-20-9-10-21(35-20)36(33,34)27-13-11-26(12-14-27)23(30)17-3-7-19(8-4-17)28(31)32;24-19-8-6-17(7-9-19)22(28)25-16-20-10-11-21(32-20)33(30,31)27-14-12-26(13-15-27)23(29)18-4-2-1-3-5-18/h1-13H,14-18H2,(H,27,31);1-10H,11-15H2,(H,25,29);1-11H,12-16H2,(H,25,28)/b12-6+;;. The molecule has 0 unspecified atom stereocenters. The first-order valence-electron chi connectivity index (χ1n) is 32.1. The van der Waals surface area contributed by atoms with Crippen LogP contribution in [0.4, 0.5) is 5.69 Å². The zero-order valence-electron chi connectivity index (χ0n) is 55.2. The highest BCUT2D eigenvalue weighted by Crippen LogP contribution is 2.30. The number of carbonyl (C=O) groups is 6. The van der Waals surface area contributed by atoms with Gasteiger partial charge in [-0.25, -0.2) is 25.3 Å². The fourth-order valence-corrected chi connectivity index (χ4v) is 19.7. The first-order chi connectivity index (χ1) is 49.8. The van der Waals surface area contributed by atoms with Crippen molar-refractivity contribution in [1.29, 1.82) is 0 Å². The number of halogens is 3. The average Bonchev–Trinajstić information content (AvgIpc) is 1.57. The lowest BCUT2D eigenvalue weighted by Gasteiger charge is -2.33. The summed E-state index contributed by atoms with van der Waals surface area (Å²) in [6.07, 6.45) is 3.27. The minimum absolute atomic E-state index is 0.0949. The van der Waals surface area contributed by atoms with Gasteiger partial charge in [0.25, 0.3) is 65.3 Å². The Hall–Kier alpha value is -9.02. The molecule has 0 radical (unpaired) electrons. The van der Waals surface area contributed by atoms with E-state index in [2.05, 4.69) is 16.0 Å². The maximum absolute atomic E-state index is 13.1. The van der Waals surface area contributed by atoms with Gasteiger partial charge in [-0.05, 0) is 145 Å². The van der Waals surface area contributed by atoms with Crippen molar-refractivity contribution in [3.8, 4) is 0 Å². The van der Waals surface area contributed by atoms with Gasteiger partial charge in [-0.15, -0.1) is 34.0 Å². The van der Waals surface area contributed by atoms with Crippen LogP contribution in [0.15, 0.2) is 213 Å². The summed E-state index contributed by atoms with van der Waals surface area (Å²) in [5.41, 5.74) is 3.13. The van der Waals surface area contributed by atoms with Gasteiger partial charge in [-0.1, -0.05) is 83.3 Å². The van der Waals surface area contributed by atoms with E-state index in [0.29, 0.717) is 73.9 Å². The molecule has 0 atom stereocenters. The summed E-state index contributed by atoms with van der Waals surface area (Å²) in [5, 5.41) is 20.7. The Balaban J connectivity index is 0.000000168. The van der Waals surface area contributed by atoms with E-state index < -0.39 is 35.0 Å². The van der Waals surface area contributed by atoms with E-state index >= 15 is 0 Å². The molecule has 0 spiro atoms. The van der Waals surface area contributed by atoms with Crippen LogP contribution in [0.1, 0.15) is 72.0 Å². The summed E-state index contributed by atoms with van der Waals surface area (Å²) in [5.74, 6) is -1.36. The molecule has 3 aliphatic heterocycles. The van der Waals surface area contributed by atoms with Crippen LogP contribution in [0.25, 0.3) is 6.08 Å². The lowest BCUT2D eigenvalue weighted by Crippen LogP contribution is -2.50. The van der Waals surface area contributed by atoms with Gasteiger partial charge in [0.2, 0.25) is 5.91 Å². The molecule has 0 saturated carbocycles. The predicted molar refractivity (Wildman–Crippen MR) is 401 cm³/mol. The van der Waals surface area contributed by atoms with Crippen molar-refractivity contribution in [2.75, 3.05) is 78.5 Å². The molecule has 12 rings (SSSR count). The molecule has 0 aliphatic carbocycles. The summed E-state index contributed by atoms with van der Waals surface area (Å²) >= 11 is 20.9. The minimum atomic E-state index is -3.75. The van der Waals surface area contributed by atoms with Gasteiger partial charge in [0, 0.05) is 154 Å². The highest BCUT2D eigenvalue weighted by atomic mass is 35.5. The van der Waals surface area contributed by atoms with Gasteiger partial charge in [-0.2, -0.15) is 12.9 Å². The van der Waals surface area contributed by atoms with E-state index in [-0.39, 0.29) is 126 Å². The quantitative estimate of drug-likeness (QED) is 0.0363. The van der Waals surface area contributed by atoms with Crippen LogP contribution in [0.2, 0.25) is 15.1 Å². The van der Waals surface area contributed by atoms with Gasteiger partial charge in [-0.3, -0.25) is 38.9 Å². The number of nitrogens with one attached hydrogen (secondary N) is 3. The summed E-state index contributed by atoms with van der Waals surface area (Å²) in [4.78, 5) is 91.8. The molecule has 9 aromatic rings. The zero-order valence-corrected chi connectivity index (χ0v) is 62.3. The molecule has 3 aromatic heterocycles. The molecular formula is C71H67Cl3N10O14S6. The second-order valence-electron chi connectivity index (χ2n) is 23.3. The number of hydrogen-bond acceptors (Lipinski definition) is 17. The third-order valence-corrected chi connectivity index (χ3v) is 27.6. The molecule has 3 N–H and O–H groups in total. The number of amides is 6. The Morgan fingerprint density at radius 3 is 1.01 bits per heavy atom. The summed E-state index contributed by atoms with van der Waals surface area (Å²) < 4.78 is 83.3. The molecule has 3 saturated heterocycles. The Bertz CT molecular complexity index is 4920. The van der Waals surface area contributed by atoms with Crippen LogP contribution in [-0.4, -0.2) is 172 Å². The van der Waals surface area contributed by atoms with E-state index in [1.807, 2.05) is 36.4 Å². The average molecular weight is 1580 g/mol. The van der Waals surface area contributed by atoms with Crippen LogP contribution >= 0.6 is 68.8 Å². The normalized spacial score (nSPS) is 14.7. The van der Waals surface area contributed by atoms with Crippen molar-refractivity contribution in [3.63, 3.8) is 0 Å². The fraction of sp³-hybridized carbons (Fsp3) is 0.211. The topological polar surface area (TPSA) is 304 Å². The predicted octanol–water partition coefficient (Wildman–Crippen LogP) is 10.7. The van der Waals surface area contributed by atoms with E-state index in [1.165, 1.54) is 54.2 Å². The molecule has 6 heterocycles. The zero-order chi connectivity index (χ0) is 74.1. The summed E-state index contributed by atoms with van der Waals surface area (Å²) in [6.45, 7) is 3.53. The SMILES string of the molecule is O=C(NCc1ccc(S(=O)(=O)N2CCN(C(=O)/C=C/c3ccccc3)CC2)s1)c1ccc(Cl)cc1.O=C(NCc1ccc(S(=O)(=O)N2CCN(C(=O)c3ccc([N+](=O)[O-])cc3)CC2)s1)c1ccc(Cl)cc1.O=C(NCc1ccc(S(=O)(=O)N2CCN(C(=O)c3ccccc3)CC2)s1)c1ccc(Cl)cc1. The smallest absolute Gasteiger partial charge is 0.269 e. The van der Waals surface area contributed by atoms with Crippen LogP contribution < -0.4 is 16.0 Å². The number of carbonyl (C=O) groups excluding carboxylic acids is 6. The van der Waals surface area contributed by atoms with Gasteiger partial charge >= 0.3 is 0 Å². The van der Waals surface area contributed by atoms with Crippen LogP contribution in [0.5, 0.6) is 0 Å². The van der Waals surface area contributed by atoms with Crippen molar-refractivity contribution in [2.45, 2.75) is 32.3 Å². The lowest BCUT2D eigenvalue weighted by molar-refractivity contribution is -0.384. The summed E-state index contributed by atoms with van der Waals surface area (Å²) in [6, 6.07) is 53.0. The molecule has 33 heteroatoms. The van der Waals surface area contributed by atoms with Gasteiger partial charge in [0.1, 0.15) is 12.6 Å². The molecule has 24 nitrogen and oxygen atoms in total. The van der Waals surface area contributed by atoms with E-state index in [0.717, 1.165) is 49.3 Å². The molecule has 0 bridgehead atoms. The third kappa shape index (κ3) is 20.5. The van der Waals surface area contributed by atoms with Crippen LogP contribution in [-0.2, 0) is 54.5 Å². The number of piperazine rings is 3. The monoisotopic (exact) mass is 1580 g/mol. The first kappa shape index (κ1) is 77.6. The Labute approximate surface area is 628 Å². The highest BCUT2D eigenvalue weighted by Gasteiger charge is 2.35. The highest BCUT2D eigenvalue weighted by molar-refractivity contribution is 7.92. The number of sulfonamides is 3. The molecular weight excluding hydrogens is 1520 g/mol. The third-order valence-electron chi connectivity index (χ3n) is 16.4. The number of nitro groups is 1. The van der Waals surface area contributed by atoms with Gasteiger partial charge < -0.3 is 30.7 Å². The van der Waals surface area contributed by atoms with Crippen LogP contribution in [0, 0.1) is 10.1 Å².